The average Bonchev–Trinajstić information content (AvgIpc) is 3.53. The number of carbonyl (C=O) groups is 1. The molecule has 0 saturated carbocycles. The number of aromatic nitrogens is 5. The molecule has 16 heteroatoms. The lowest BCUT2D eigenvalue weighted by molar-refractivity contribution is -0.119. The van der Waals surface area contributed by atoms with E-state index in [0.717, 1.165) is 16.5 Å². The number of hydrogen-bond acceptors (Lipinski definition) is 10. The van der Waals surface area contributed by atoms with Gasteiger partial charge < -0.3 is 25.7 Å². The molecular formula is C21H24N8O7S. The Morgan fingerprint density at radius 1 is 1.24 bits per heavy atom. The summed E-state index contributed by atoms with van der Waals surface area (Å²) in [5.74, 6) is -0.903. The number of nitrogens with two attached hydrogens (primary N) is 1. The Morgan fingerprint density at radius 3 is 2.84 bits per heavy atom. The van der Waals surface area contributed by atoms with Crippen LogP contribution in [0.4, 0.5) is 5.95 Å². The van der Waals surface area contributed by atoms with Gasteiger partial charge in [0.15, 0.2) is 17.4 Å². The molecule has 4 aromatic rings. The first-order valence-electron chi connectivity index (χ1n) is 11.2. The number of nitrogens with one attached hydrogen (secondary N) is 4. The molecule has 4 unspecified atom stereocenters. The number of nitrogen functional groups attached to an aromatic ring is 1. The van der Waals surface area contributed by atoms with Crippen LogP contribution < -0.4 is 20.7 Å². The molecule has 3 aromatic heterocycles. The molecule has 4 heterocycles. The Kier molecular flexibility index (Phi) is 6.42. The van der Waals surface area contributed by atoms with Gasteiger partial charge in [-0.15, -0.1) is 0 Å². The van der Waals surface area contributed by atoms with Crippen molar-refractivity contribution in [3.63, 3.8) is 0 Å². The second-order valence-corrected chi connectivity index (χ2v) is 10.1. The molecule has 37 heavy (non-hydrogen) atoms. The number of benzene rings is 1. The van der Waals surface area contributed by atoms with Crippen molar-refractivity contribution in [2.75, 3.05) is 12.3 Å². The summed E-state index contributed by atoms with van der Waals surface area (Å²) in [4.78, 5) is 37.6. The van der Waals surface area contributed by atoms with Crippen molar-refractivity contribution in [1.29, 1.82) is 0 Å². The van der Waals surface area contributed by atoms with Crippen molar-refractivity contribution in [1.82, 2.24) is 33.9 Å². The lowest BCUT2D eigenvalue weighted by Crippen LogP contribution is -2.45. The summed E-state index contributed by atoms with van der Waals surface area (Å²) >= 11 is 0. The van der Waals surface area contributed by atoms with Gasteiger partial charge in [0, 0.05) is 30.1 Å². The second kappa shape index (κ2) is 9.56. The molecule has 0 aliphatic carbocycles. The van der Waals surface area contributed by atoms with E-state index < -0.39 is 52.8 Å². The highest BCUT2D eigenvalue weighted by Crippen LogP contribution is 2.31. The van der Waals surface area contributed by atoms with E-state index in [0.29, 0.717) is 6.42 Å². The van der Waals surface area contributed by atoms with Gasteiger partial charge in [0.1, 0.15) is 18.3 Å². The number of H-pyrrole nitrogens is 2. The maximum Gasteiger partial charge on any atom is 0.301 e. The Balaban J connectivity index is 1.19. The van der Waals surface area contributed by atoms with Crippen LogP contribution in [0, 0.1) is 0 Å². The normalized spacial score (nSPS) is 22.1. The molecule has 0 radical (unpaired) electrons. The first kappa shape index (κ1) is 24.8. The number of imidazole rings is 1. The maximum absolute atomic E-state index is 12.4. The molecule has 1 aliphatic heterocycles. The highest BCUT2D eigenvalue weighted by atomic mass is 32.2. The van der Waals surface area contributed by atoms with Crippen molar-refractivity contribution in [3.05, 3.63) is 52.7 Å². The third kappa shape index (κ3) is 4.92. The number of rotatable bonds is 8. The highest BCUT2D eigenvalue weighted by Gasteiger charge is 2.44. The first-order chi connectivity index (χ1) is 17.6. The van der Waals surface area contributed by atoms with Crippen molar-refractivity contribution in [2.24, 2.45) is 0 Å². The molecule has 1 saturated heterocycles. The van der Waals surface area contributed by atoms with Gasteiger partial charge in [-0.1, -0.05) is 18.2 Å². The predicted octanol–water partition coefficient (Wildman–Crippen LogP) is -1.61. The Hall–Kier alpha value is -3.83. The molecule has 5 rings (SSSR count). The van der Waals surface area contributed by atoms with Crippen molar-refractivity contribution in [2.45, 2.75) is 37.4 Å². The molecule has 15 nitrogen and oxygen atoms in total. The smallest absolute Gasteiger partial charge is 0.301 e. The number of hydrogen-bond donors (Lipinski definition) is 7. The summed E-state index contributed by atoms with van der Waals surface area (Å²) < 4.78 is 35.7. The molecule has 1 aliphatic rings. The summed E-state index contributed by atoms with van der Waals surface area (Å²) in [6.45, 7) is -0.456. The lowest BCUT2D eigenvalue weighted by Gasteiger charge is -2.16. The average molecular weight is 533 g/mol. The summed E-state index contributed by atoms with van der Waals surface area (Å²) in [5, 5.41) is 21.9. The molecular weight excluding hydrogens is 508 g/mol. The number of nitrogens with zero attached hydrogens (tertiary/aromatic N) is 3. The number of aliphatic hydroxyl groups excluding tert-OH is 2. The van der Waals surface area contributed by atoms with E-state index in [1.54, 1.807) is 6.20 Å². The zero-order chi connectivity index (χ0) is 26.3. The van der Waals surface area contributed by atoms with E-state index in [2.05, 4.69) is 24.7 Å². The second-order valence-electron chi connectivity index (χ2n) is 8.56. The van der Waals surface area contributed by atoms with Crippen molar-refractivity contribution in [3.8, 4) is 0 Å². The van der Waals surface area contributed by atoms with Gasteiger partial charge in [0.25, 0.3) is 5.56 Å². The number of aliphatic hydroxyl groups is 2. The molecule has 196 valence electrons. The standard InChI is InChI=1S/C21H24N8O7S/c22-21-26-18-15(19(33)27-21)24-9-29(18)20-17(32)16(31)13(36-20)8-25-37(34,35)28-14(30)6-5-10-7-23-12-4-2-1-3-11(10)12/h1-4,7,9,13,16-17,20,23,25,31-32H,5-6,8H2,(H,28,30)(H3,22,26,27,33). The Bertz CT molecular complexity index is 1630. The van der Waals surface area contributed by atoms with Gasteiger partial charge in [-0.3, -0.25) is 19.1 Å². The minimum atomic E-state index is -4.28. The number of amides is 1. The SMILES string of the molecule is Nc1nc2c(ncn2C2OC(CNS(=O)(=O)NC(=O)CCc3c[nH]c4ccccc34)C(O)C2O)c(=O)[nH]1. The number of anilines is 1. The van der Waals surface area contributed by atoms with Crippen LogP contribution in [0.15, 0.2) is 41.6 Å². The lowest BCUT2D eigenvalue weighted by atomic mass is 10.1. The monoisotopic (exact) mass is 532 g/mol. The van der Waals surface area contributed by atoms with Gasteiger partial charge in [-0.2, -0.15) is 18.1 Å². The zero-order valence-electron chi connectivity index (χ0n) is 19.2. The number of aryl methyl sites for hydroxylation is 1. The summed E-state index contributed by atoms with van der Waals surface area (Å²) in [5.41, 5.74) is 6.73. The minimum Gasteiger partial charge on any atom is -0.387 e. The van der Waals surface area contributed by atoms with Gasteiger partial charge in [-0.25, -0.2) is 9.71 Å². The maximum atomic E-state index is 12.4. The van der Waals surface area contributed by atoms with Gasteiger partial charge >= 0.3 is 10.2 Å². The van der Waals surface area contributed by atoms with Crippen molar-refractivity contribution >= 4 is 44.1 Å². The van der Waals surface area contributed by atoms with E-state index in [-0.39, 0.29) is 23.5 Å². The molecule has 0 spiro atoms. The first-order valence-corrected chi connectivity index (χ1v) is 12.7. The van der Waals surface area contributed by atoms with E-state index in [9.17, 15) is 28.2 Å². The Morgan fingerprint density at radius 2 is 2.03 bits per heavy atom. The van der Waals surface area contributed by atoms with Crippen LogP contribution in [0.1, 0.15) is 18.2 Å². The largest absolute Gasteiger partial charge is 0.387 e. The number of ether oxygens (including phenoxy) is 1. The topological polar surface area (TPSA) is 230 Å². The third-order valence-corrected chi connectivity index (χ3v) is 7.12. The third-order valence-electron chi connectivity index (χ3n) is 6.08. The quantitative estimate of drug-likeness (QED) is 0.137. The van der Waals surface area contributed by atoms with E-state index in [4.69, 9.17) is 10.5 Å². The molecule has 1 fully saturated rings. The summed E-state index contributed by atoms with van der Waals surface area (Å²) in [6, 6.07) is 7.55. The van der Waals surface area contributed by atoms with Crippen LogP contribution in [0.2, 0.25) is 0 Å². The fraction of sp³-hybridized carbons (Fsp3) is 0.333. The number of aromatic amines is 2. The van der Waals surface area contributed by atoms with Crippen LogP contribution in [-0.2, 0) is 26.2 Å². The Labute approximate surface area is 208 Å². The van der Waals surface area contributed by atoms with Crippen molar-refractivity contribution < 1.29 is 28.2 Å². The van der Waals surface area contributed by atoms with Crippen LogP contribution >= 0.6 is 0 Å². The van der Waals surface area contributed by atoms with Gasteiger partial charge in [0.05, 0.1) is 6.33 Å². The molecule has 1 amide bonds. The highest BCUT2D eigenvalue weighted by molar-refractivity contribution is 7.88. The van der Waals surface area contributed by atoms with E-state index in [1.165, 1.54) is 10.9 Å². The van der Waals surface area contributed by atoms with E-state index >= 15 is 0 Å². The van der Waals surface area contributed by atoms with E-state index in [1.807, 2.05) is 29.0 Å². The fourth-order valence-electron chi connectivity index (χ4n) is 4.27. The molecule has 1 aromatic carbocycles. The number of carbonyl (C=O) groups excluding carboxylic acids is 1. The van der Waals surface area contributed by atoms with Gasteiger partial charge in [-0.05, 0) is 18.1 Å². The number of para-hydroxylation sites is 1. The van der Waals surface area contributed by atoms with Crippen LogP contribution in [0.25, 0.3) is 22.1 Å². The zero-order valence-corrected chi connectivity index (χ0v) is 20.0. The van der Waals surface area contributed by atoms with Crippen LogP contribution in [0.3, 0.4) is 0 Å². The molecule has 8 N–H and O–H groups in total. The molecule has 4 atom stereocenters. The van der Waals surface area contributed by atoms with Crippen LogP contribution in [-0.4, -0.2) is 73.9 Å². The summed E-state index contributed by atoms with van der Waals surface area (Å²) in [6.07, 6.45) is -2.20. The fourth-order valence-corrected chi connectivity index (χ4v) is 5.13. The number of fused-ring (bicyclic) bond motifs is 2. The van der Waals surface area contributed by atoms with Gasteiger partial charge in [0.2, 0.25) is 11.9 Å². The molecule has 0 bridgehead atoms. The van der Waals surface area contributed by atoms with Crippen LogP contribution in [0.5, 0.6) is 0 Å². The predicted molar refractivity (Wildman–Crippen MR) is 130 cm³/mol. The summed E-state index contributed by atoms with van der Waals surface area (Å²) in [7, 11) is -4.28. The minimum absolute atomic E-state index is 0.0150.